The second-order valence-electron chi connectivity index (χ2n) is 7.03. The third kappa shape index (κ3) is 4.08. The molecule has 0 spiro atoms. The number of hydrogen-bond acceptors (Lipinski definition) is 3. The van der Waals surface area contributed by atoms with Crippen molar-refractivity contribution in [3.63, 3.8) is 0 Å². The lowest BCUT2D eigenvalue weighted by Gasteiger charge is -2.28. The maximum Gasteiger partial charge on any atom is 0.165 e. The Morgan fingerprint density at radius 3 is 2.82 bits per heavy atom. The molecule has 0 amide bonds. The minimum atomic E-state index is -0.703. The molecule has 146 valence electrons. The Morgan fingerprint density at radius 2 is 2.04 bits per heavy atom. The van der Waals surface area contributed by atoms with Crippen LogP contribution >= 0.6 is 0 Å². The molecular formula is C22H22F2N2O2. The first-order valence-electron chi connectivity index (χ1n) is 9.34. The SMILES string of the molecule is OC(COc1ccccc1F)CN1CC=C(c2c[nH]c3cc(F)ccc23)CC1. The number of aliphatic hydroxyl groups is 1. The number of aromatic amines is 1. The maximum absolute atomic E-state index is 13.6. The standard InChI is InChI=1S/C22H22F2N2O2/c23-16-5-6-18-19(12-25-21(18)11-16)15-7-9-26(10-8-15)13-17(27)14-28-22-4-2-1-3-20(22)24/h1-7,11-12,17,25,27H,8-10,13-14H2. The summed E-state index contributed by atoms with van der Waals surface area (Å²) in [7, 11) is 0. The molecule has 4 nitrogen and oxygen atoms in total. The molecule has 6 heteroatoms. The topological polar surface area (TPSA) is 48.5 Å². The Morgan fingerprint density at radius 1 is 1.18 bits per heavy atom. The Labute approximate surface area is 162 Å². The Hall–Kier alpha value is -2.70. The fourth-order valence-corrected chi connectivity index (χ4v) is 3.58. The van der Waals surface area contributed by atoms with Crippen LogP contribution in [0.4, 0.5) is 8.78 Å². The second-order valence-corrected chi connectivity index (χ2v) is 7.03. The minimum Gasteiger partial charge on any atom is -0.488 e. The second kappa shape index (κ2) is 8.12. The van der Waals surface area contributed by atoms with Gasteiger partial charge in [-0.1, -0.05) is 18.2 Å². The van der Waals surface area contributed by atoms with Crippen LogP contribution in [-0.4, -0.2) is 47.3 Å². The molecule has 1 atom stereocenters. The van der Waals surface area contributed by atoms with Crippen LogP contribution in [0, 0.1) is 11.6 Å². The predicted octanol–water partition coefficient (Wildman–Crippen LogP) is 3.98. The van der Waals surface area contributed by atoms with E-state index in [1.54, 1.807) is 24.3 Å². The first kappa shape index (κ1) is 18.7. The lowest BCUT2D eigenvalue weighted by Crippen LogP contribution is -2.38. The highest BCUT2D eigenvalue weighted by Crippen LogP contribution is 2.29. The summed E-state index contributed by atoms with van der Waals surface area (Å²) >= 11 is 0. The van der Waals surface area contributed by atoms with E-state index < -0.39 is 11.9 Å². The molecular weight excluding hydrogens is 362 g/mol. The van der Waals surface area contributed by atoms with E-state index in [0.717, 1.165) is 29.4 Å². The zero-order valence-electron chi connectivity index (χ0n) is 15.4. The van der Waals surface area contributed by atoms with Gasteiger partial charge in [-0.25, -0.2) is 8.78 Å². The number of fused-ring (bicyclic) bond motifs is 1. The van der Waals surface area contributed by atoms with Gasteiger partial charge in [0.1, 0.15) is 18.5 Å². The van der Waals surface area contributed by atoms with Crippen molar-refractivity contribution < 1.29 is 18.6 Å². The first-order chi connectivity index (χ1) is 13.6. The predicted molar refractivity (Wildman–Crippen MR) is 105 cm³/mol. The Kier molecular flexibility index (Phi) is 5.41. The molecule has 4 rings (SSSR count). The van der Waals surface area contributed by atoms with Gasteiger partial charge in [0.15, 0.2) is 11.6 Å². The van der Waals surface area contributed by atoms with Crippen LogP contribution < -0.4 is 4.74 Å². The third-order valence-corrected chi connectivity index (χ3v) is 5.02. The molecule has 1 unspecified atom stereocenters. The molecule has 0 saturated carbocycles. The van der Waals surface area contributed by atoms with Crippen molar-refractivity contribution in [2.24, 2.45) is 0 Å². The molecule has 0 bridgehead atoms. The minimum absolute atomic E-state index is 0.0437. The smallest absolute Gasteiger partial charge is 0.165 e. The van der Waals surface area contributed by atoms with E-state index in [2.05, 4.69) is 16.0 Å². The summed E-state index contributed by atoms with van der Waals surface area (Å²) in [6.45, 7) is 2.01. The van der Waals surface area contributed by atoms with Crippen LogP contribution in [0.3, 0.4) is 0 Å². The summed E-state index contributed by atoms with van der Waals surface area (Å²) in [5.74, 6) is -0.534. The van der Waals surface area contributed by atoms with Crippen molar-refractivity contribution in [1.82, 2.24) is 9.88 Å². The summed E-state index contributed by atoms with van der Waals surface area (Å²) in [6.07, 6.45) is 4.19. The van der Waals surface area contributed by atoms with Crippen LogP contribution in [0.5, 0.6) is 5.75 Å². The fourth-order valence-electron chi connectivity index (χ4n) is 3.58. The maximum atomic E-state index is 13.6. The van der Waals surface area contributed by atoms with Gasteiger partial charge in [-0.3, -0.25) is 4.90 Å². The van der Waals surface area contributed by atoms with E-state index in [1.165, 1.54) is 23.8 Å². The number of rotatable bonds is 6. The van der Waals surface area contributed by atoms with Gasteiger partial charge < -0.3 is 14.8 Å². The number of ether oxygens (including phenoxy) is 1. The normalized spacial score (nSPS) is 16.2. The van der Waals surface area contributed by atoms with E-state index >= 15 is 0 Å². The monoisotopic (exact) mass is 384 g/mol. The zero-order valence-corrected chi connectivity index (χ0v) is 15.4. The number of para-hydroxylation sites is 1. The summed E-state index contributed by atoms with van der Waals surface area (Å²) in [6, 6.07) is 10.9. The number of H-pyrrole nitrogens is 1. The largest absolute Gasteiger partial charge is 0.488 e. The molecule has 0 aliphatic carbocycles. The quantitative estimate of drug-likeness (QED) is 0.676. The van der Waals surface area contributed by atoms with E-state index in [-0.39, 0.29) is 18.2 Å². The molecule has 0 fully saturated rings. The van der Waals surface area contributed by atoms with E-state index in [4.69, 9.17) is 4.74 Å². The van der Waals surface area contributed by atoms with E-state index in [1.807, 2.05) is 6.20 Å². The van der Waals surface area contributed by atoms with Crippen LogP contribution in [-0.2, 0) is 0 Å². The lowest BCUT2D eigenvalue weighted by atomic mass is 9.99. The number of nitrogens with one attached hydrogen (secondary N) is 1. The van der Waals surface area contributed by atoms with Crippen LogP contribution in [0.2, 0.25) is 0 Å². The van der Waals surface area contributed by atoms with Gasteiger partial charge in [-0.05, 0) is 42.3 Å². The van der Waals surface area contributed by atoms with Gasteiger partial charge in [-0.15, -0.1) is 0 Å². The summed E-state index contributed by atoms with van der Waals surface area (Å²) in [5, 5.41) is 11.2. The highest BCUT2D eigenvalue weighted by molar-refractivity contribution is 5.92. The van der Waals surface area contributed by atoms with Gasteiger partial charge in [0.05, 0.1) is 0 Å². The lowest BCUT2D eigenvalue weighted by molar-refractivity contribution is 0.0702. The number of benzene rings is 2. The average molecular weight is 384 g/mol. The summed E-state index contributed by atoms with van der Waals surface area (Å²) in [5.41, 5.74) is 3.10. The number of nitrogens with zero attached hydrogens (tertiary/aromatic N) is 1. The van der Waals surface area contributed by atoms with Crippen molar-refractivity contribution in [3.8, 4) is 5.75 Å². The van der Waals surface area contributed by atoms with Gasteiger partial charge in [-0.2, -0.15) is 0 Å². The number of aromatic nitrogens is 1. The molecule has 0 saturated heterocycles. The van der Waals surface area contributed by atoms with Crippen molar-refractivity contribution in [2.45, 2.75) is 12.5 Å². The van der Waals surface area contributed by atoms with E-state index in [0.29, 0.717) is 13.1 Å². The van der Waals surface area contributed by atoms with Gasteiger partial charge in [0.2, 0.25) is 0 Å². The van der Waals surface area contributed by atoms with Crippen LogP contribution in [0.25, 0.3) is 16.5 Å². The molecule has 2 aromatic carbocycles. The average Bonchev–Trinajstić information content (AvgIpc) is 3.11. The van der Waals surface area contributed by atoms with Crippen molar-refractivity contribution in [2.75, 3.05) is 26.2 Å². The molecule has 0 radical (unpaired) electrons. The molecule has 2 heterocycles. The summed E-state index contributed by atoms with van der Waals surface area (Å²) in [4.78, 5) is 5.26. The van der Waals surface area contributed by atoms with Gasteiger partial charge >= 0.3 is 0 Å². The Balaban J connectivity index is 1.34. The number of β-amino-alcohol motifs (C(OH)–C–C–N with tert-alkyl or cyclic N) is 1. The first-order valence-corrected chi connectivity index (χ1v) is 9.34. The molecule has 28 heavy (non-hydrogen) atoms. The number of hydrogen-bond donors (Lipinski definition) is 2. The third-order valence-electron chi connectivity index (χ3n) is 5.02. The zero-order chi connectivity index (χ0) is 19.5. The molecule has 2 N–H and O–H groups in total. The van der Waals surface area contributed by atoms with Gasteiger partial charge in [0, 0.05) is 42.3 Å². The van der Waals surface area contributed by atoms with Crippen molar-refractivity contribution >= 4 is 16.5 Å². The van der Waals surface area contributed by atoms with Crippen LogP contribution in [0.1, 0.15) is 12.0 Å². The number of halogens is 2. The van der Waals surface area contributed by atoms with Crippen molar-refractivity contribution in [3.05, 3.63) is 71.9 Å². The van der Waals surface area contributed by atoms with Gasteiger partial charge in [0.25, 0.3) is 0 Å². The highest BCUT2D eigenvalue weighted by Gasteiger charge is 2.18. The molecule has 3 aromatic rings. The fraction of sp³-hybridized carbons (Fsp3) is 0.273. The molecule has 1 aromatic heterocycles. The van der Waals surface area contributed by atoms with Crippen LogP contribution in [0.15, 0.2) is 54.7 Å². The highest BCUT2D eigenvalue weighted by atomic mass is 19.1. The molecule has 1 aliphatic rings. The van der Waals surface area contributed by atoms with Crippen molar-refractivity contribution in [1.29, 1.82) is 0 Å². The number of aliphatic hydroxyl groups excluding tert-OH is 1. The molecule has 1 aliphatic heterocycles. The Bertz CT molecular complexity index is 999. The summed E-state index contributed by atoms with van der Waals surface area (Å²) < 4.78 is 32.3. The van der Waals surface area contributed by atoms with E-state index in [9.17, 15) is 13.9 Å².